The normalized spacial score (nSPS) is 19.0. The van der Waals surface area contributed by atoms with Gasteiger partial charge in [-0.25, -0.2) is 0 Å². The van der Waals surface area contributed by atoms with Gasteiger partial charge in [-0.05, 0) is 30.9 Å². The third-order valence-corrected chi connectivity index (χ3v) is 4.33. The molecule has 1 aromatic rings. The quantitative estimate of drug-likeness (QED) is 0.906. The van der Waals surface area contributed by atoms with Crippen molar-refractivity contribution in [2.24, 2.45) is 0 Å². The Morgan fingerprint density at radius 1 is 1.29 bits per heavy atom. The van der Waals surface area contributed by atoms with Gasteiger partial charge < -0.3 is 10.1 Å². The van der Waals surface area contributed by atoms with Crippen LogP contribution in [-0.4, -0.2) is 43.2 Å². The van der Waals surface area contributed by atoms with Gasteiger partial charge in [0.05, 0.1) is 19.3 Å². The molecule has 0 saturated carbocycles. The maximum absolute atomic E-state index is 12.5. The minimum absolute atomic E-state index is 0.0626. The van der Waals surface area contributed by atoms with Crippen molar-refractivity contribution in [1.82, 2.24) is 4.90 Å². The van der Waals surface area contributed by atoms with E-state index in [0.717, 1.165) is 25.2 Å². The number of benzene rings is 1. The molecule has 4 heteroatoms. The second kappa shape index (κ2) is 7.57. The lowest BCUT2D eigenvalue weighted by Gasteiger charge is -2.31. The number of carbonyl (C=O) groups excluding carboxylic acids is 1. The summed E-state index contributed by atoms with van der Waals surface area (Å²) < 4.78 is 5.34. The van der Waals surface area contributed by atoms with Gasteiger partial charge in [-0.15, -0.1) is 0 Å². The average molecular weight is 290 g/mol. The third kappa shape index (κ3) is 4.05. The molecule has 1 amide bonds. The first-order chi connectivity index (χ1) is 10.1. The first kappa shape index (κ1) is 16.0. The molecule has 4 nitrogen and oxygen atoms in total. The fraction of sp³-hybridized carbons (Fsp3) is 0.588. The summed E-state index contributed by atoms with van der Waals surface area (Å²) in [6.07, 6.45) is 1.06. The summed E-state index contributed by atoms with van der Waals surface area (Å²) in [4.78, 5) is 14.7. The van der Waals surface area contributed by atoms with E-state index in [1.54, 1.807) is 0 Å². The minimum atomic E-state index is -0.126. The summed E-state index contributed by atoms with van der Waals surface area (Å²) in [5.74, 6) is 0.507. The molecule has 1 heterocycles. The lowest BCUT2D eigenvalue weighted by atomic mass is 9.97. The maximum atomic E-state index is 12.5. The molecule has 1 N–H and O–H groups in total. The molecule has 2 unspecified atom stereocenters. The molecule has 1 aliphatic rings. The van der Waals surface area contributed by atoms with Gasteiger partial charge in [0.2, 0.25) is 5.91 Å². The van der Waals surface area contributed by atoms with E-state index < -0.39 is 0 Å². The Morgan fingerprint density at radius 3 is 2.62 bits per heavy atom. The van der Waals surface area contributed by atoms with Gasteiger partial charge in [0.1, 0.15) is 0 Å². The maximum Gasteiger partial charge on any atom is 0.241 e. The number of hydrogen-bond acceptors (Lipinski definition) is 3. The Hall–Kier alpha value is -1.39. The van der Waals surface area contributed by atoms with Crippen molar-refractivity contribution in [1.29, 1.82) is 0 Å². The highest BCUT2D eigenvalue weighted by molar-refractivity contribution is 5.95. The number of carbonyl (C=O) groups is 1. The molecule has 1 aromatic carbocycles. The summed E-state index contributed by atoms with van der Waals surface area (Å²) in [5, 5.41) is 3.10. The van der Waals surface area contributed by atoms with Crippen LogP contribution < -0.4 is 5.32 Å². The van der Waals surface area contributed by atoms with E-state index in [1.807, 2.05) is 25.1 Å². The van der Waals surface area contributed by atoms with E-state index in [9.17, 15) is 4.79 Å². The summed E-state index contributed by atoms with van der Waals surface area (Å²) >= 11 is 0. The highest BCUT2D eigenvalue weighted by atomic mass is 16.5. The predicted octanol–water partition coefficient (Wildman–Crippen LogP) is 2.86. The Kier molecular flexibility index (Phi) is 5.76. The molecule has 116 valence electrons. The Bertz CT molecular complexity index is 470. The van der Waals surface area contributed by atoms with Crippen molar-refractivity contribution in [3.05, 3.63) is 29.8 Å². The van der Waals surface area contributed by atoms with E-state index in [2.05, 4.69) is 30.1 Å². The molecule has 0 aliphatic carbocycles. The number of rotatable bonds is 5. The fourth-order valence-corrected chi connectivity index (χ4v) is 2.63. The fourth-order valence-electron chi connectivity index (χ4n) is 2.63. The van der Waals surface area contributed by atoms with Crippen LogP contribution in [0.25, 0.3) is 0 Å². The predicted molar refractivity (Wildman–Crippen MR) is 85.6 cm³/mol. The van der Waals surface area contributed by atoms with Crippen molar-refractivity contribution >= 4 is 11.6 Å². The zero-order valence-corrected chi connectivity index (χ0v) is 13.3. The van der Waals surface area contributed by atoms with Crippen LogP contribution in [0.3, 0.4) is 0 Å². The molecule has 21 heavy (non-hydrogen) atoms. The van der Waals surface area contributed by atoms with Gasteiger partial charge >= 0.3 is 0 Å². The molecular weight excluding hydrogens is 264 g/mol. The zero-order chi connectivity index (χ0) is 15.2. The highest BCUT2D eigenvalue weighted by Crippen LogP contribution is 2.26. The van der Waals surface area contributed by atoms with Gasteiger partial charge in [0.25, 0.3) is 0 Å². The lowest BCUT2D eigenvalue weighted by molar-refractivity contribution is -0.122. The van der Waals surface area contributed by atoms with E-state index in [1.165, 1.54) is 5.56 Å². The summed E-state index contributed by atoms with van der Waals surface area (Å²) in [6, 6.07) is 7.97. The summed E-state index contributed by atoms with van der Waals surface area (Å²) in [6.45, 7) is 9.38. The lowest BCUT2D eigenvalue weighted by Crippen LogP contribution is -2.47. The molecule has 1 fully saturated rings. The molecule has 0 bridgehead atoms. The summed E-state index contributed by atoms with van der Waals surface area (Å²) in [7, 11) is 0. The van der Waals surface area contributed by atoms with E-state index in [4.69, 9.17) is 4.74 Å². The van der Waals surface area contributed by atoms with Gasteiger partial charge in [-0.1, -0.05) is 32.0 Å². The van der Waals surface area contributed by atoms with Gasteiger partial charge in [-0.3, -0.25) is 9.69 Å². The number of anilines is 1. The van der Waals surface area contributed by atoms with E-state index >= 15 is 0 Å². The molecular formula is C17H26N2O2. The third-order valence-electron chi connectivity index (χ3n) is 4.33. The monoisotopic (exact) mass is 290 g/mol. The van der Waals surface area contributed by atoms with Gasteiger partial charge in [0.15, 0.2) is 0 Å². The second-order valence-electron chi connectivity index (χ2n) is 5.71. The molecule has 1 saturated heterocycles. The van der Waals surface area contributed by atoms with Crippen molar-refractivity contribution in [2.45, 2.75) is 39.2 Å². The number of amides is 1. The molecule has 2 atom stereocenters. The Labute approximate surface area is 127 Å². The van der Waals surface area contributed by atoms with E-state index in [-0.39, 0.29) is 11.9 Å². The van der Waals surface area contributed by atoms with Crippen molar-refractivity contribution < 1.29 is 9.53 Å². The zero-order valence-electron chi connectivity index (χ0n) is 13.3. The largest absolute Gasteiger partial charge is 0.379 e. The number of nitrogens with one attached hydrogen (secondary N) is 1. The van der Waals surface area contributed by atoms with Crippen LogP contribution in [0.1, 0.15) is 38.7 Å². The van der Waals surface area contributed by atoms with Crippen LogP contribution in [0.15, 0.2) is 24.3 Å². The van der Waals surface area contributed by atoms with Crippen LogP contribution in [0, 0.1) is 0 Å². The first-order valence-corrected chi connectivity index (χ1v) is 7.85. The molecule has 0 radical (unpaired) electrons. The van der Waals surface area contributed by atoms with Crippen molar-refractivity contribution in [3.8, 4) is 0 Å². The number of ether oxygens (including phenoxy) is 1. The molecule has 0 aromatic heterocycles. The standard InChI is InChI=1S/C17H26N2O2/c1-4-13(2)15-7-5-6-8-16(15)18-17(20)14(3)19-9-11-21-12-10-19/h5-8,13-14H,4,9-12H2,1-3H3,(H,18,20). The van der Waals surface area contributed by atoms with Crippen molar-refractivity contribution in [2.75, 3.05) is 31.6 Å². The number of nitrogens with zero attached hydrogens (tertiary/aromatic N) is 1. The minimum Gasteiger partial charge on any atom is -0.379 e. The highest BCUT2D eigenvalue weighted by Gasteiger charge is 2.23. The van der Waals surface area contributed by atoms with Gasteiger partial charge in [0, 0.05) is 18.8 Å². The van der Waals surface area contributed by atoms with Crippen LogP contribution in [0.5, 0.6) is 0 Å². The topological polar surface area (TPSA) is 41.6 Å². The van der Waals surface area contributed by atoms with Crippen LogP contribution >= 0.6 is 0 Å². The Balaban J connectivity index is 2.05. The average Bonchev–Trinajstić information content (AvgIpc) is 2.54. The molecule has 2 rings (SSSR count). The molecule has 1 aliphatic heterocycles. The van der Waals surface area contributed by atoms with Gasteiger partial charge in [-0.2, -0.15) is 0 Å². The van der Waals surface area contributed by atoms with Crippen LogP contribution in [0.4, 0.5) is 5.69 Å². The smallest absolute Gasteiger partial charge is 0.241 e. The number of morpholine rings is 1. The SMILES string of the molecule is CCC(C)c1ccccc1NC(=O)C(C)N1CCOCC1. The summed E-state index contributed by atoms with van der Waals surface area (Å²) in [5.41, 5.74) is 2.15. The first-order valence-electron chi connectivity index (χ1n) is 7.85. The van der Waals surface area contributed by atoms with Crippen LogP contribution in [-0.2, 0) is 9.53 Å². The van der Waals surface area contributed by atoms with Crippen LogP contribution in [0.2, 0.25) is 0 Å². The Morgan fingerprint density at radius 2 is 1.95 bits per heavy atom. The van der Waals surface area contributed by atoms with E-state index in [0.29, 0.717) is 19.1 Å². The van der Waals surface area contributed by atoms with Crippen molar-refractivity contribution in [3.63, 3.8) is 0 Å². The number of para-hydroxylation sites is 1. The number of hydrogen-bond donors (Lipinski definition) is 1. The molecule has 0 spiro atoms. The second-order valence-corrected chi connectivity index (χ2v) is 5.71.